The van der Waals surface area contributed by atoms with Gasteiger partial charge in [-0.2, -0.15) is 0 Å². The Labute approximate surface area is 177 Å². The number of anilines is 2. The zero-order valence-electron chi connectivity index (χ0n) is 17.6. The SMILES string of the molecule is COc1cc(CN(C(=O)Nc2ccc(N3CCOCC3)cc2C)C2CC2)ccc1O. The number of phenols is 1. The average Bonchev–Trinajstić information content (AvgIpc) is 3.60. The molecule has 2 N–H and O–H groups in total. The molecule has 0 aromatic heterocycles. The van der Waals surface area contributed by atoms with Crippen LogP contribution in [-0.2, 0) is 11.3 Å². The molecular weight excluding hydrogens is 382 g/mol. The topological polar surface area (TPSA) is 74.3 Å². The van der Waals surface area contributed by atoms with E-state index in [9.17, 15) is 9.90 Å². The normalized spacial score (nSPS) is 16.3. The molecule has 1 aliphatic heterocycles. The number of hydrogen-bond acceptors (Lipinski definition) is 5. The van der Waals surface area contributed by atoms with E-state index in [-0.39, 0.29) is 17.8 Å². The summed E-state index contributed by atoms with van der Waals surface area (Å²) in [5.74, 6) is 0.512. The molecule has 0 bridgehead atoms. The summed E-state index contributed by atoms with van der Waals surface area (Å²) < 4.78 is 10.6. The first kappa shape index (κ1) is 20.3. The van der Waals surface area contributed by atoms with E-state index in [0.717, 1.165) is 61.6 Å². The van der Waals surface area contributed by atoms with Crippen LogP contribution < -0.4 is 15.0 Å². The number of benzene rings is 2. The fourth-order valence-corrected chi connectivity index (χ4v) is 3.76. The summed E-state index contributed by atoms with van der Waals surface area (Å²) in [4.78, 5) is 17.2. The van der Waals surface area contributed by atoms with Gasteiger partial charge < -0.3 is 29.7 Å². The van der Waals surface area contributed by atoms with Gasteiger partial charge in [0.15, 0.2) is 11.5 Å². The predicted molar refractivity (Wildman–Crippen MR) is 116 cm³/mol. The van der Waals surface area contributed by atoms with Crippen LogP contribution in [0.4, 0.5) is 16.2 Å². The molecule has 1 saturated heterocycles. The van der Waals surface area contributed by atoms with E-state index in [1.165, 1.54) is 7.11 Å². The second kappa shape index (κ2) is 8.83. The number of amides is 2. The Balaban J connectivity index is 1.45. The monoisotopic (exact) mass is 411 g/mol. The molecule has 30 heavy (non-hydrogen) atoms. The van der Waals surface area contributed by atoms with Crippen molar-refractivity contribution < 1.29 is 19.4 Å². The first-order valence-corrected chi connectivity index (χ1v) is 10.4. The first-order chi connectivity index (χ1) is 14.5. The smallest absolute Gasteiger partial charge is 0.322 e. The van der Waals surface area contributed by atoms with E-state index in [2.05, 4.69) is 22.3 Å². The van der Waals surface area contributed by atoms with Crippen molar-refractivity contribution in [1.82, 2.24) is 4.90 Å². The Morgan fingerprint density at radius 2 is 2.00 bits per heavy atom. The summed E-state index contributed by atoms with van der Waals surface area (Å²) in [6.07, 6.45) is 2.02. The van der Waals surface area contributed by atoms with Crippen LogP contribution in [0, 0.1) is 6.92 Å². The fraction of sp³-hybridized carbons (Fsp3) is 0.435. The van der Waals surface area contributed by atoms with Crippen molar-refractivity contribution in [3.8, 4) is 11.5 Å². The zero-order valence-corrected chi connectivity index (χ0v) is 17.6. The molecular formula is C23H29N3O4. The molecule has 7 nitrogen and oxygen atoms in total. The van der Waals surface area contributed by atoms with E-state index >= 15 is 0 Å². The largest absolute Gasteiger partial charge is 0.504 e. The Morgan fingerprint density at radius 3 is 2.67 bits per heavy atom. The fourth-order valence-electron chi connectivity index (χ4n) is 3.76. The van der Waals surface area contributed by atoms with E-state index < -0.39 is 0 Å². The number of methoxy groups -OCH3 is 1. The highest BCUT2D eigenvalue weighted by Gasteiger charge is 2.33. The second-order valence-electron chi connectivity index (χ2n) is 7.89. The Morgan fingerprint density at radius 1 is 1.23 bits per heavy atom. The molecule has 1 heterocycles. The van der Waals surface area contributed by atoms with Gasteiger partial charge in [-0.15, -0.1) is 0 Å². The third-order valence-corrected chi connectivity index (χ3v) is 5.67. The van der Waals surface area contributed by atoms with Gasteiger partial charge in [0.05, 0.1) is 20.3 Å². The molecule has 2 aromatic rings. The van der Waals surface area contributed by atoms with E-state index in [1.807, 2.05) is 24.0 Å². The molecule has 0 atom stereocenters. The number of morpholine rings is 1. The van der Waals surface area contributed by atoms with Crippen molar-refractivity contribution in [1.29, 1.82) is 0 Å². The average molecular weight is 412 g/mol. The van der Waals surface area contributed by atoms with Crippen LogP contribution in [0.15, 0.2) is 36.4 Å². The molecule has 2 aromatic carbocycles. The van der Waals surface area contributed by atoms with Crippen LogP contribution >= 0.6 is 0 Å². The number of carbonyl (C=O) groups is 1. The maximum atomic E-state index is 13.1. The molecule has 4 rings (SSSR count). The molecule has 2 aliphatic rings. The Bertz CT molecular complexity index is 907. The second-order valence-corrected chi connectivity index (χ2v) is 7.89. The molecule has 0 unspecified atom stereocenters. The highest BCUT2D eigenvalue weighted by atomic mass is 16.5. The maximum absolute atomic E-state index is 13.1. The molecule has 0 spiro atoms. The lowest BCUT2D eigenvalue weighted by Crippen LogP contribution is -2.37. The van der Waals surface area contributed by atoms with Crippen LogP contribution in [0.3, 0.4) is 0 Å². The van der Waals surface area contributed by atoms with Crippen molar-refractivity contribution in [2.45, 2.75) is 32.4 Å². The number of ether oxygens (including phenoxy) is 2. The third kappa shape index (κ3) is 4.62. The van der Waals surface area contributed by atoms with Crippen molar-refractivity contribution in [3.05, 3.63) is 47.5 Å². The molecule has 1 saturated carbocycles. The third-order valence-electron chi connectivity index (χ3n) is 5.67. The molecule has 160 valence electrons. The quantitative estimate of drug-likeness (QED) is 0.757. The van der Waals surface area contributed by atoms with Gasteiger partial charge in [-0.05, 0) is 61.2 Å². The molecule has 7 heteroatoms. The minimum absolute atomic E-state index is 0.0969. The van der Waals surface area contributed by atoms with Gasteiger partial charge in [0.25, 0.3) is 0 Å². The highest BCUT2D eigenvalue weighted by Crippen LogP contribution is 2.32. The van der Waals surface area contributed by atoms with Crippen molar-refractivity contribution in [3.63, 3.8) is 0 Å². The number of rotatable bonds is 6. The van der Waals surface area contributed by atoms with Gasteiger partial charge in [-0.3, -0.25) is 0 Å². The van der Waals surface area contributed by atoms with Crippen LogP contribution in [0.25, 0.3) is 0 Å². The van der Waals surface area contributed by atoms with E-state index in [4.69, 9.17) is 9.47 Å². The lowest BCUT2D eigenvalue weighted by Gasteiger charge is -2.29. The van der Waals surface area contributed by atoms with Gasteiger partial charge in [0, 0.05) is 37.1 Å². The summed E-state index contributed by atoms with van der Waals surface area (Å²) in [5.41, 5.74) is 3.94. The van der Waals surface area contributed by atoms with Gasteiger partial charge in [0.1, 0.15) is 0 Å². The summed E-state index contributed by atoms with van der Waals surface area (Å²) in [6.45, 7) is 5.75. The van der Waals surface area contributed by atoms with Gasteiger partial charge in [-0.1, -0.05) is 6.07 Å². The van der Waals surface area contributed by atoms with Crippen molar-refractivity contribution in [2.24, 2.45) is 0 Å². The maximum Gasteiger partial charge on any atom is 0.322 e. The molecule has 1 aliphatic carbocycles. The van der Waals surface area contributed by atoms with Gasteiger partial charge in [-0.25, -0.2) is 4.79 Å². The van der Waals surface area contributed by atoms with Crippen LogP contribution in [0.1, 0.15) is 24.0 Å². The zero-order chi connectivity index (χ0) is 21.1. The number of aryl methyl sites for hydroxylation is 1. The summed E-state index contributed by atoms with van der Waals surface area (Å²) >= 11 is 0. The predicted octanol–water partition coefficient (Wildman–Crippen LogP) is 3.74. The number of urea groups is 1. The minimum atomic E-state index is -0.105. The summed E-state index contributed by atoms with van der Waals surface area (Å²) in [7, 11) is 1.52. The number of phenolic OH excluding ortho intramolecular Hbond substituents is 1. The van der Waals surface area contributed by atoms with Gasteiger partial charge in [0.2, 0.25) is 0 Å². The Kier molecular flexibility index (Phi) is 5.99. The van der Waals surface area contributed by atoms with Crippen molar-refractivity contribution >= 4 is 17.4 Å². The van der Waals surface area contributed by atoms with Crippen LogP contribution in [0.5, 0.6) is 11.5 Å². The standard InChI is InChI=1S/C23H29N3O4/c1-16-13-19(25-9-11-30-12-10-25)6-7-20(16)24-23(28)26(18-4-5-18)15-17-3-8-21(27)22(14-17)29-2/h3,6-8,13-14,18,27H,4-5,9-12,15H2,1-2H3,(H,24,28). The van der Waals surface area contributed by atoms with E-state index in [0.29, 0.717) is 12.3 Å². The molecule has 0 radical (unpaired) electrons. The van der Waals surface area contributed by atoms with Crippen LogP contribution in [0.2, 0.25) is 0 Å². The first-order valence-electron chi connectivity index (χ1n) is 10.4. The minimum Gasteiger partial charge on any atom is -0.504 e. The van der Waals surface area contributed by atoms with E-state index in [1.54, 1.807) is 12.1 Å². The van der Waals surface area contributed by atoms with Crippen LogP contribution in [-0.4, -0.2) is 55.5 Å². The number of nitrogens with zero attached hydrogens (tertiary/aromatic N) is 2. The Hall–Kier alpha value is -2.93. The highest BCUT2D eigenvalue weighted by molar-refractivity contribution is 5.91. The number of aromatic hydroxyl groups is 1. The number of carbonyl (C=O) groups excluding carboxylic acids is 1. The molecule has 2 amide bonds. The number of nitrogens with one attached hydrogen (secondary N) is 1. The number of hydrogen-bond donors (Lipinski definition) is 2. The lowest BCUT2D eigenvalue weighted by atomic mass is 10.1. The van der Waals surface area contributed by atoms with Crippen molar-refractivity contribution in [2.75, 3.05) is 43.6 Å². The lowest BCUT2D eigenvalue weighted by molar-refractivity contribution is 0.122. The van der Waals surface area contributed by atoms with Gasteiger partial charge >= 0.3 is 6.03 Å². The summed E-state index contributed by atoms with van der Waals surface area (Å²) in [6, 6.07) is 11.5. The molecule has 2 fully saturated rings. The summed E-state index contributed by atoms with van der Waals surface area (Å²) in [5, 5.41) is 12.9.